The van der Waals surface area contributed by atoms with Crippen molar-refractivity contribution in [2.45, 2.75) is 19.4 Å². The third-order valence-corrected chi connectivity index (χ3v) is 3.67. The maximum atomic E-state index is 5.39. The zero-order valence-electron chi connectivity index (χ0n) is 9.87. The molecule has 3 nitrogen and oxygen atoms in total. The number of hydrogen-bond donors (Lipinski definition) is 1. The lowest BCUT2D eigenvalue weighted by Crippen LogP contribution is -2.13. The Morgan fingerprint density at radius 2 is 2.29 bits per heavy atom. The van der Waals surface area contributed by atoms with Crippen LogP contribution < -0.4 is 0 Å². The fraction of sp³-hybridized carbons (Fsp3) is 0.417. The van der Waals surface area contributed by atoms with E-state index in [-0.39, 0.29) is 6.04 Å². The number of halogens is 1. The molecule has 1 aromatic heterocycles. The molecule has 1 heterocycles. The second kappa shape index (κ2) is 5.33. The first-order valence-corrected chi connectivity index (χ1v) is 6.76. The van der Waals surface area contributed by atoms with Crippen molar-refractivity contribution >= 4 is 39.2 Å². The monoisotopic (exact) mass is 314 g/mol. The molecule has 0 bridgehead atoms. The molecule has 0 amide bonds. The molecule has 17 heavy (non-hydrogen) atoms. The van der Waals surface area contributed by atoms with Crippen LogP contribution >= 0.6 is 28.1 Å². The molecule has 1 atom stereocenters. The van der Waals surface area contributed by atoms with E-state index in [4.69, 9.17) is 17.0 Å². The fourth-order valence-electron chi connectivity index (χ4n) is 2.03. The number of benzene rings is 1. The summed E-state index contributed by atoms with van der Waals surface area (Å²) in [7, 11) is 1.72. The average Bonchev–Trinajstić information content (AvgIpc) is 2.61. The van der Waals surface area contributed by atoms with Crippen LogP contribution in [-0.2, 0) is 4.74 Å². The summed E-state index contributed by atoms with van der Waals surface area (Å²) < 4.78 is 9.20. The molecule has 1 aromatic carbocycles. The number of nitrogens with one attached hydrogen (secondary N) is 1. The predicted octanol–water partition coefficient (Wildman–Crippen LogP) is 4.06. The summed E-state index contributed by atoms with van der Waals surface area (Å²) in [6.45, 7) is 2.82. The Morgan fingerprint density at radius 1 is 1.53 bits per heavy atom. The zero-order chi connectivity index (χ0) is 12.4. The molecular formula is C12H15BrN2OS. The van der Waals surface area contributed by atoms with Gasteiger partial charge in [0.25, 0.3) is 0 Å². The van der Waals surface area contributed by atoms with Gasteiger partial charge in [0.2, 0.25) is 0 Å². The SMILES string of the molecule is CCC(COC)n1c(=S)[nH]c2cc(Br)ccc21. The van der Waals surface area contributed by atoms with Crippen LogP contribution in [0, 0.1) is 4.77 Å². The molecule has 0 radical (unpaired) electrons. The highest BCUT2D eigenvalue weighted by Gasteiger charge is 2.13. The van der Waals surface area contributed by atoms with Gasteiger partial charge in [-0.3, -0.25) is 0 Å². The van der Waals surface area contributed by atoms with Gasteiger partial charge in [0.1, 0.15) is 0 Å². The van der Waals surface area contributed by atoms with Gasteiger partial charge < -0.3 is 14.3 Å². The lowest BCUT2D eigenvalue weighted by atomic mass is 10.2. The molecule has 2 aromatic rings. The minimum absolute atomic E-state index is 0.280. The first-order valence-electron chi connectivity index (χ1n) is 5.56. The molecule has 0 aliphatic rings. The van der Waals surface area contributed by atoms with E-state index < -0.39 is 0 Å². The normalized spacial score (nSPS) is 13.1. The Bertz CT molecular complexity index is 575. The number of ether oxygens (including phenoxy) is 1. The number of imidazole rings is 1. The van der Waals surface area contributed by atoms with E-state index in [9.17, 15) is 0 Å². The van der Waals surface area contributed by atoms with Crippen LogP contribution in [0.15, 0.2) is 22.7 Å². The van der Waals surface area contributed by atoms with Crippen LogP contribution in [0.4, 0.5) is 0 Å². The standard InChI is InChI=1S/C12H15BrN2OS/c1-3-9(7-16-2)15-11-5-4-8(13)6-10(11)14-12(15)17/h4-6,9H,3,7H2,1-2H3,(H,14,17). The summed E-state index contributed by atoms with van der Waals surface area (Å²) in [5.41, 5.74) is 2.18. The molecule has 0 spiro atoms. The molecule has 0 saturated carbocycles. The summed E-state index contributed by atoms with van der Waals surface area (Å²) in [5.74, 6) is 0. The molecule has 0 aliphatic carbocycles. The van der Waals surface area contributed by atoms with Gasteiger partial charge in [-0.25, -0.2) is 0 Å². The minimum Gasteiger partial charge on any atom is -0.383 e. The van der Waals surface area contributed by atoms with Crippen LogP contribution in [0.3, 0.4) is 0 Å². The Kier molecular flexibility index (Phi) is 4.01. The van der Waals surface area contributed by atoms with Gasteiger partial charge in [0.15, 0.2) is 4.77 Å². The fourth-order valence-corrected chi connectivity index (χ4v) is 2.75. The van der Waals surface area contributed by atoms with Gasteiger partial charge in [-0.05, 0) is 36.8 Å². The van der Waals surface area contributed by atoms with Crippen LogP contribution in [0.1, 0.15) is 19.4 Å². The van der Waals surface area contributed by atoms with Gasteiger partial charge in [-0.1, -0.05) is 22.9 Å². The molecule has 0 fully saturated rings. The topological polar surface area (TPSA) is 29.9 Å². The lowest BCUT2D eigenvalue weighted by Gasteiger charge is -2.16. The number of nitrogens with zero attached hydrogens (tertiary/aromatic N) is 1. The number of aromatic nitrogens is 2. The third-order valence-electron chi connectivity index (χ3n) is 2.87. The summed E-state index contributed by atoms with van der Waals surface area (Å²) >= 11 is 8.85. The van der Waals surface area contributed by atoms with Crippen LogP contribution in [0.5, 0.6) is 0 Å². The molecule has 1 unspecified atom stereocenters. The highest BCUT2D eigenvalue weighted by molar-refractivity contribution is 9.10. The van der Waals surface area contributed by atoms with Crippen molar-refractivity contribution in [1.29, 1.82) is 0 Å². The van der Waals surface area contributed by atoms with E-state index in [1.165, 1.54) is 0 Å². The Labute approximate surface area is 114 Å². The molecule has 5 heteroatoms. The van der Waals surface area contributed by atoms with E-state index in [0.29, 0.717) is 6.61 Å². The van der Waals surface area contributed by atoms with E-state index in [2.05, 4.69) is 38.5 Å². The summed E-state index contributed by atoms with van der Waals surface area (Å²) in [5, 5.41) is 0. The van der Waals surface area contributed by atoms with Gasteiger partial charge in [-0.15, -0.1) is 0 Å². The second-order valence-corrected chi connectivity index (χ2v) is 5.28. The number of fused-ring (bicyclic) bond motifs is 1. The largest absolute Gasteiger partial charge is 0.383 e. The van der Waals surface area contributed by atoms with Crippen molar-refractivity contribution in [1.82, 2.24) is 9.55 Å². The van der Waals surface area contributed by atoms with E-state index in [1.54, 1.807) is 7.11 Å². The Hall–Kier alpha value is -0.650. The van der Waals surface area contributed by atoms with Gasteiger partial charge in [-0.2, -0.15) is 0 Å². The van der Waals surface area contributed by atoms with Gasteiger partial charge in [0.05, 0.1) is 23.7 Å². The maximum Gasteiger partial charge on any atom is 0.178 e. The van der Waals surface area contributed by atoms with Crippen molar-refractivity contribution in [2.75, 3.05) is 13.7 Å². The zero-order valence-corrected chi connectivity index (χ0v) is 12.3. The van der Waals surface area contributed by atoms with Crippen molar-refractivity contribution in [3.63, 3.8) is 0 Å². The third kappa shape index (κ3) is 2.46. The lowest BCUT2D eigenvalue weighted by molar-refractivity contribution is 0.154. The van der Waals surface area contributed by atoms with Crippen LogP contribution in [0.2, 0.25) is 0 Å². The van der Waals surface area contributed by atoms with Crippen molar-refractivity contribution in [3.05, 3.63) is 27.4 Å². The minimum atomic E-state index is 0.280. The molecule has 92 valence electrons. The number of hydrogen-bond acceptors (Lipinski definition) is 2. The van der Waals surface area contributed by atoms with E-state index >= 15 is 0 Å². The first-order chi connectivity index (χ1) is 8.17. The number of H-pyrrole nitrogens is 1. The number of rotatable bonds is 4. The van der Waals surface area contributed by atoms with Crippen LogP contribution in [0.25, 0.3) is 11.0 Å². The molecule has 1 N–H and O–H groups in total. The molecular weight excluding hydrogens is 300 g/mol. The summed E-state index contributed by atoms with van der Waals surface area (Å²) in [6, 6.07) is 6.43. The maximum absolute atomic E-state index is 5.39. The van der Waals surface area contributed by atoms with Crippen molar-refractivity contribution in [3.8, 4) is 0 Å². The molecule has 0 aliphatic heterocycles. The van der Waals surface area contributed by atoms with Crippen molar-refractivity contribution in [2.24, 2.45) is 0 Å². The number of methoxy groups -OCH3 is 1. The number of aromatic amines is 1. The smallest absolute Gasteiger partial charge is 0.178 e. The Balaban J connectivity index is 2.59. The first kappa shape index (κ1) is 12.8. The van der Waals surface area contributed by atoms with Crippen molar-refractivity contribution < 1.29 is 4.74 Å². The summed E-state index contributed by atoms with van der Waals surface area (Å²) in [6.07, 6.45) is 0.991. The Morgan fingerprint density at radius 3 is 2.94 bits per heavy atom. The molecule has 0 saturated heterocycles. The second-order valence-electron chi connectivity index (χ2n) is 3.98. The highest BCUT2D eigenvalue weighted by Crippen LogP contribution is 2.24. The van der Waals surface area contributed by atoms with E-state index in [1.807, 2.05) is 12.1 Å². The quantitative estimate of drug-likeness (QED) is 0.862. The van der Waals surface area contributed by atoms with Crippen LogP contribution in [-0.4, -0.2) is 23.3 Å². The van der Waals surface area contributed by atoms with Gasteiger partial charge >= 0.3 is 0 Å². The predicted molar refractivity (Wildman–Crippen MR) is 76.0 cm³/mol. The average molecular weight is 315 g/mol. The van der Waals surface area contributed by atoms with Gasteiger partial charge in [0, 0.05) is 11.6 Å². The molecule has 2 rings (SSSR count). The summed E-state index contributed by atoms with van der Waals surface area (Å²) in [4.78, 5) is 3.23. The highest BCUT2D eigenvalue weighted by atomic mass is 79.9. The van der Waals surface area contributed by atoms with E-state index in [0.717, 1.165) is 26.7 Å².